The topological polar surface area (TPSA) is 128 Å². The molecule has 0 aliphatic carbocycles. The van der Waals surface area contributed by atoms with Gasteiger partial charge in [0.15, 0.2) is 28.9 Å². The van der Waals surface area contributed by atoms with Crippen molar-refractivity contribution < 1.29 is 35.9 Å². The Bertz CT molecular complexity index is 1780. The monoisotopic (exact) mass is 614 g/mol. The van der Waals surface area contributed by atoms with Crippen molar-refractivity contribution in [3.8, 4) is 11.6 Å². The van der Waals surface area contributed by atoms with Gasteiger partial charge < -0.3 is 24.3 Å². The lowest BCUT2D eigenvalue weighted by Gasteiger charge is -2.23. The maximum atomic E-state index is 13.7. The van der Waals surface area contributed by atoms with Crippen LogP contribution in [0.1, 0.15) is 16.1 Å². The van der Waals surface area contributed by atoms with Gasteiger partial charge in [-0.25, -0.2) is 31.3 Å². The van der Waals surface area contributed by atoms with Crippen molar-refractivity contribution in [2.45, 2.75) is 17.5 Å². The molecular weight excluding hydrogens is 589 g/mol. The lowest BCUT2D eigenvalue weighted by Crippen LogP contribution is -2.43. The van der Waals surface area contributed by atoms with Gasteiger partial charge in [-0.1, -0.05) is 30.3 Å². The molecule has 2 unspecified atom stereocenters. The quantitative estimate of drug-likeness (QED) is 0.317. The number of benzene rings is 2. The fraction of sp³-hybridized carbons (Fsp3) is 0.250. The second kappa shape index (κ2) is 11.2. The number of sulfonamides is 1. The van der Waals surface area contributed by atoms with Crippen LogP contribution in [0.15, 0.2) is 65.8 Å². The molecule has 4 aromatic rings. The van der Waals surface area contributed by atoms with Gasteiger partial charge in [0.1, 0.15) is 11.5 Å². The number of aromatic nitrogens is 3. The highest BCUT2D eigenvalue weighted by molar-refractivity contribution is 7.89. The summed E-state index contributed by atoms with van der Waals surface area (Å²) in [4.78, 5) is 23.5. The molecule has 2 atom stereocenters. The first-order valence-electron chi connectivity index (χ1n) is 13.1. The molecule has 2 aromatic carbocycles. The van der Waals surface area contributed by atoms with E-state index in [1.807, 2.05) is 35.2 Å². The van der Waals surface area contributed by atoms with Crippen molar-refractivity contribution >= 4 is 27.6 Å². The zero-order valence-corrected chi connectivity index (χ0v) is 23.4. The third kappa shape index (κ3) is 5.72. The molecule has 0 radical (unpaired) electrons. The normalized spacial score (nSPS) is 19.0. The van der Waals surface area contributed by atoms with Gasteiger partial charge in [0.2, 0.25) is 21.9 Å². The first kappa shape index (κ1) is 28.5. The van der Waals surface area contributed by atoms with Crippen LogP contribution >= 0.6 is 0 Å². The van der Waals surface area contributed by atoms with Crippen molar-refractivity contribution in [3.63, 3.8) is 0 Å². The summed E-state index contributed by atoms with van der Waals surface area (Å²) in [7, 11) is -2.75. The van der Waals surface area contributed by atoms with Crippen LogP contribution in [-0.2, 0) is 23.7 Å². The number of ether oxygens (including phenoxy) is 2. The van der Waals surface area contributed by atoms with Crippen LogP contribution in [0.2, 0.25) is 0 Å². The minimum absolute atomic E-state index is 0.0327. The highest BCUT2D eigenvalue weighted by Gasteiger charge is 2.42. The Morgan fingerprint density at radius 1 is 1.14 bits per heavy atom. The van der Waals surface area contributed by atoms with Gasteiger partial charge in [-0.3, -0.25) is 4.79 Å². The first-order chi connectivity index (χ1) is 20.6. The molecule has 0 bridgehead atoms. The SMILES string of the molecule is Cn1cc2c(c1C(=O)Nc1cc(F)c(F)c(F)c1)OCC1CN(c3nccc(OCc4ccccc4)n3)CC1NS2(=O)=O. The van der Waals surface area contributed by atoms with E-state index in [1.165, 1.54) is 17.8 Å². The van der Waals surface area contributed by atoms with Crippen molar-refractivity contribution in [1.29, 1.82) is 0 Å². The van der Waals surface area contributed by atoms with Gasteiger partial charge in [0.05, 0.1) is 6.61 Å². The van der Waals surface area contributed by atoms with Gasteiger partial charge >= 0.3 is 0 Å². The summed E-state index contributed by atoms with van der Waals surface area (Å²) in [5.74, 6) is -5.43. The number of nitrogens with zero attached hydrogens (tertiary/aromatic N) is 4. The van der Waals surface area contributed by atoms with Crippen LogP contribution in [0.3, 0.4) is 0 Å². The highest BCUT2D eigenvalue weighted by atomic mass is 32.2. The zero-order chi connectivity index (χ0) is 30.3. The van der Waals surface area contributed by atoms with Gasteiger partial charge in [-0.05, 0) is 5.56 Å². The van der Waals surface area contributed by atoms with E-state index < -0.39 is 39.4 Å². The molecule has 4 heterocycles. The van der Waals surface area contributed by atoms with Crippen LogP contribution < -0.4 is 24.4 Å². The second-order valence-electron chi connectivity index (χ2n) is 10.2. The summed E-state index contributed by atoms with van der Waals surface area (Å²) in [6, 6.07) is 11.9. The largest absolute Gasteiger partial charge is 0.489 e. The summed E-state index contributed by atoms with van der Waals surface area (Å²) in [6.07, 6.45) is 2.77. The molecule has 0 spiro atoms. The molecule has 1 saturated heterocycles. The Labute approximate surface area is 244 Å². The van der Waals surface area contributed by atoms with E-state index in [2.05, 4.69) is 20.0 Å². The van der Waals surface area contributed by atoms with Crippen LogP contribution in [0, 0.1) is 23.4 Å². The van der Waals surface area contributed by atoms with Gasteiger partial charge in [0.25, 0.3) is 5.91 Å². The Morgan fingerprint density at radius 3 is 2.63 bits per heavy atom. The van der Waals surface area contributed by atoms with Crippen LogP contribution in [-0.4, -0.2) is 54.6 Å². The predicted molar refractivity (Wildman–Crippen MR) is 148 cm³/mol. The van der Waals surface area contributed by atoms with Gasteiger partial charge in [0, 0.05) is 68.4 Å². The summed E-state index contributed by atoms with van der Waals surface area (Å²) < 4.78 is 83.3. The molecule has 15 heteroatoms. The number of anilines is 2. The number of rotatable bonds is 6. The number of fused-ring (bicyclic) bond motifs is 2. The molecule has 2 aliphatic heterocycles. The van der Waals surface area contributed by atoms with Crippen LogP contribution in [0.25, 0.3) is 0 Å². The summed E-state index contributed by atoms with van der Waals surface area (Å²) in [6.45, 7) is 0.945. The maximum Gasteiger partial charge on any atom is 0.276 e. The highest BCUT2D eigenvalue weighted by Crippen LogP contribution is 2.35. The number of carbonyl (C=O) groups excluding carboxylic acids is 1. The van der Waals surface area contributed by atoms with E-state index in [4.69, 9.17) is 9.47 Å². The second-order valence-corrected chi connectivity index (χ2v) is 11.8. The van der Waals surface area contributed by atoms with Crippen molar-refractivity contribution in [2.24, 2.45) is 13.0 Å². The average molecular weight is 615 g/mol. The van der Waals surface area contributed by atoms with Crippen molar-refractivity contribution in [2.75, 3.05) is 29.9 Å². The van der Waals surface area contributed by atoms with Gasteiger partial charge in [-0.2, -0.15) is 4.98 Å². The van der Waals surface area contributed by atoms with E-state index in [0.717, 1.165) is 5.56 Å². The molecule has 6 rings (SSSR count). The predicted octanol–water partition coefficient (Wildman–Crippen LogP) is 3.24. The molecule has 2 aromatic heterocycles. The number of aryl methyl sites for hydroxylation is 1. The van der Waals surface area contributed by atoms with Crippen molar-refractivity contribution in [1.82, 2.24) is 19.3 Å². The average Bonchev–Trinajstić information content (AvgIpc) is 3.53. The number of halogens is 3. The number of nitrogens with one attached hydrogen (secondary N) is 2. The maximum absolute atomic E-state index is 13.7. The minimum Gasteiger partial charge on any atom is -0.489 e. The number of amides is 1. The molecule has 1 amide bonds. The number of hydrogen-bond donors (Lipinski definition) is 2. The molecule has 0 saturated carbocycles. The van der Waals surface area contributed by atoms with E-state index in [0.29, 0.717) is 37.1 Å². The van der Waals surface area contributed by atoms with E-state index >= 15 is 0 Å². The number of hydrogen-bond acceptors (Lipinski definition) is 8. The van der Waals surface area contributed by atoms with E-state index in [1.54, 1.807) is 12.3 Å². The zero-order valence-electron chi connectivity index (χ0n) is 22.6. The molecule has 1 fully saturated rings. The fourth-order valence-corrected chi connectivity index (χ4v) is 6.56. The minimum atomic E-state index is -4.17. The molecule has 11 nitrogen and oxygen atoms in total. The Balaban J connectivity index is 1.20. The third-order valence-electron chi connectivity index (χ3n) is 7.17. The summed E-state index contributed by atoms with van der Waals surface area (Å²) in [5, 5.41) is 2.27. The van der Waals surface area contributed by atoms with E-state index in [9.17, 15) is 26.4 Å². The first-order valence-corrected chi connectivity index (χ1v) is 14.6. The fourth-order valence-electron chi connectivity index (χ4n) is 5.07. The van der Waals surface area contributed by atoms with Crippen molar-refractivity contribution in [3.05, 3.63) is 89.6 Å². The molecule has 2 N–H and O–H groups in total. The molecule has 2 aliphatic rings. The van der Waals surface area contributed by atoms with Crippen LogP contribution in [0.5, 0.6) is 11.6 Å². The Morgan fingerprint density at radius 2 is 1.88 bits per heavy atom. The summed E-state index contributed by atoms with van der Waals surface area (Å²) in [5.41, 5.74) is 0.411. The molecule has 224 valence electrons. The standard InChI is InChI=1S/C28H25F3N6O5S/c1-36-13-22-26(25(36)27(38)33-18-9-19(29)24(31)20(30)10-18)42-15-17-11-37(12-21(17)35-43(22,39)40)28-32-8-7-23(34-28)41-14-16-5-3-2-4-6-16/h2-10,13,17,21,35H,11-12,14-15H2,1H3,(H,33,38). The van der Waals surface area contributed by atoms with Crippen LogP contribution in [0.4, 0.5) is 24.8 Å². The Hall–Kier alpha value is -4.63. The lowest BCUT2D eigenvalue weighted by atomic mass is 10.1. The van der Waals surface area contributed by atoms with Gasteiger partial charge in [-0.15, -0.1) is 0 Å². The third-order valence-corrected chi connectivity index (χ3v) is 8.65. The van der Waals surface area contributed by atoms with E-state index in [-0.39, 0.29) is 41.1 Å². The molecule has 43 heavy (non-hydrogen) atoms. The lowest BCUT2D eigenvalue weighted by molar-refractivity contribution is 0.101. The summed E-state index contributed by atoms with van der Waals surface area (Å²) >= 11 is 0. The molecular formula is C28H25F3N6O5S. The Kier molecular flexibility index (Phi) is 7.43. The smallest absolute Gasteiger partial charge is 0.276 e. The number of carbonyl (C=O) groups is 1.